The van der Waals surface area contributed by atoms with Crippen molar-refractivity contribution in [3.8, 4) is 33.9 Å². The summed E-state index contributed by atoms with van der Waals surface area (Å²) < 4.78 is 10.5. The smallest absolute Gasteiger partial charge is 0.205 e. The molecule has 0 saturated heterocycles. The number of ether oxygens (including phenoxy) is 2. The van der Waals surface area contributed by atoms with Crippen LogP contribution < -0.4 is 15.2 Å². The number of carbonyl (C=O) groups excluding carboxylic acids is 1. The molecule has 0 aliphatic rings. The van der Waals surface area contributed by atoms with Gasteiger partial charge in [-0.2, -0.15) is 0 Å². The number of nitrogen functional groups attached to an aromatic ring is 1. The van der Waals surface area contributed by atoms with Gasteiger partial charge in [0.1, 0.15) is 21.2 Å². The van der Waals surface area contributed by atoms with Crippen molar-refractivity contribution < 1.29 is 14.3 Å². The maximum absolute atomic E-state index is 13.4. The molecule has 5 nitrogen and oxygen atoms in total. The molecule has 0 aliphatic carbocycles. The highest BCUT2D eigenvalue weighted by Gasteiger charge is 2.22. The Kier molecular flexibility index (Phi) is 5.97. The molecule has 0 atom stereocenters. The minimum Gasteiger partial charge on any atom is -0.497 e. The van der Waals surface area contributed by atoms with Crippen molar-refractivity contribution in [3.05, 3.63) is 94.9 Å². The molecule has 0 unspecified atom stereocenters. The summed E-state index contributed by atoms with van der Waals surface area (Å²) in [4.78, 5) is 19.5. The molecule has 2 aromatic heterocycles. The van der Waals surface area contributed by atoms with Gasteiger partial charge in [0.05, 0.1) is 25.6 Å². The zero-order valence-corrected chi connectivity index (χ0v) is 20.5. The molecule has 5 rings (SSSR count). The summed E-state index contributed by atoms with van der Waals surface area (Å²) >= 11 is 1.32. The third-order valence-electron chi connectivity index (χ3n) is 6.01. The summed E-state index contributed by atoms with van der Waals surface area (Å²) in [5.41, 5.74) is 12.5. The summed E-state index contributed by atoms with van der Waals surface area (Å²) in [6, 6.07) is 25.2. The highest BCUT2D eigenvalue weighted by Crippen LogP contribution is 2.42. The van der Waals surface area contributed by atoms with Crippen molar-refractivity contribution in [1.82, 2.24) is 4.98 Å². The standard InChI is InChI=1S/C29H24N2O3S/c1-17-4-6-18(7-5-17)23-16-24(19-8-12-21(33-2)13-9-19)31-29-25(23)26(30)28(35-29)27(32)20-10-14-22(34-3)15-11-20/h4-16H,30H2,1-3H3. The van der Waals surface area contributed by atoms with Crippen LogP contribution in [-0.4, -0.2) is 25.0 Å². The second kappa shape index (κ2) is 9.24. The number of anilines is 1. The maximum atomic E-state index is 13.4. The SMILES string of the molecule is COc1ccc(C(=O)c2sc3nc(-c4ccc(OC)cc4)cc(-c4ccc(C)cc4)c3c2N)cc1. The van der Waals surface area contributed by atoms with Crippen molar-refractivity contribution in [1.29, 1.82) is 0 Å². The Balaban J connectivity index is 1.70. The molecule has 0 spiro atoms. The van der Waals surface area contributed by atoms with E-state index in [4.69, 9.17) is 20.2 Å². The van der Waals surface area contributed by atoms with E-state index in [9.17, 15) is 4.79 Å². The lowest BCUT2D eigenvalue weighted by Crippen LogP contribution is -2.02. The minimum atomic E-state index is -0.131. The average molecular weight is 481 g/mol. The molecule has 174 valence electrons. The van der Waals surface area contributed by atoms with Gasteiger partial charge in [-0.3, -0.25) is 4.79 Å². The van der Waals surface area contributed by atoms with Gasteiger partial charge in [0.15, 0.2) is 0 Å². The van der Waals surface area contributed by atoms with E-state index in [0.29, 0.717) is 21.9 Å². The second-order valence-corrected chi connectivity index (χ2v) is 9.23. The summed E-state index contributed by atoms with van der Waals surface area (Å²) in [7, 11) is 3.24. The highest BCUT2D eigenvalue weighted by atomic mass is 32.1. The van der Waals surface area contributed by atoms with Crippen molar-refractivity contribution >= 4 is 33.0 Å². The Labute approximate surface area is 207 Å². The number of ketones is 1. The quantitative estimate of drug-likeness (QED) is 0.272. The van der Waals surface area contributed by atoms with E-state index in [-0.39, 0.29) is 5.78 Å². The first kappa shape index (κ1) is 22.6. The molecular weight excluding hydrogens is 456 g/mol. The summed E-state index contributed by atoms with van der Waals surface area (Å²) in [6.07, 6.45) is 0. The van der Waals surface area contributed by atoms with Gasteiger partial charge in [-0.25, -0.2) is 4.98 Å². The number of aromatic nitrogens is 1. The van der Waals surface area contributed by atoms with Crippen LogP contribution in [0.1, 0.15) is 20.8 Å². The Morgan fingerprint density at radius 3 is 2.00 bits per heavy atom. The third kappa shape index (κ3) is 4.24. The Bertz CT molecular complexity index is 1520. The summed E-state index contributed by atoms with van der Waals surface area (Å²) in [6.45, 7) is 2.05. The number of carbonyl (C=O) groups is 1. The average Bonchev–Trinajstić information content (AvgIpc) is 3.24. The van der Waals surface area contributed by atoms with Crippen LogP contribution in [0.2, 0.25) is 0 Å². The number of benzene rings is 3. The van der Waals surface area contributed by atoms with Crippen LogP contribution in [0.25, 0.3) is 32.6 Å². The molecule has 0 aliphatic heterocycles. The van der Waals surface area contributed by atoms with Gasteiger partial charge in [-0.1, -0.05) is 29.8 Å². The Morgan fingerprint density at radius 2 is 1.40 bits per heavy atom. The molecule has 0 bridgehead atoms. The zero-order chi connectivity index (χ0) is 24.5. The van der Waals surface area contributed by atoms with E-state index in [1.807, 2.05) is 30.3 Å². The predicted octanol–water partition coefficient (Wildman–Crippen LogP) is 6.77. The van der Waals surface area contributed by atoms with Crippen LogP contribution in [0.15, 0.2) is 78.9 Å². The highest BCUT2D eigenvalue weighted by molar-refractivity contribution is 7.21. The normalized spacial score (nSPS) is 10.9. The first-order chi connectivity index (χ1) is 17.0. The number of pyridine rings is 1. The number of nitrogens with zero attached hydrogens (tertiary/aromatic N) is 1. The van der Waals surface area contributed by atoms with Crippen molar-refractivity contribution in [2.24, 2.45) is 0 Å². The van der Waals surface area contributed by atoms with Crippen LogP contribution in [0.5, 0.6) is 11.5 Å². The van der Waals surface area contributed by atoms with Crippen molar-refractivity contribution in [2.45, 2.75) is 6.92 Å². The van der Waals surface area contributed by atoms with Gasteiger partial charge in [0, 0.05) is 16.5 Å². The van der Waals surface area contributed by atoms with Gasteiger partial charge in [0.25, 0.3) is 0 Å². The molecular formula is C29H24N2O3S. The molecule has 5 aromatic rings. The van der Waals surface area contributed by atoms with E-state index < -0.39 is 0 Å². The number of methoxy groups -OCH3 is 2. The zero-order valence-electron chi connectivity index (χ0n) is 19.7. The fraction of sp³-hybridized carbons (Fsp3) is 0.103. The predicted molar refractivity (Wildman–Crippen MR) is 143 cm³/mol. The number of hydrogen-bond donors (Lipinski definition) is 1. The van der Waals surface area contributed by atoms with Crippen molar-refractivity contribution in [2.75, 3.05) is 20.0 Å². The molecule has 0 radical (unpaired) electrons. The van der Waals surface area contributed by atoms with Crippen LogP contribution in [0, 0.1) is 6.92 Å². The first-order valence-electron chi connectivity index (χ1n) is 11.1. The van der Waals surface area contributed by atoms with E-state index in [1.54, 1.807) is 38.5 Å². The number of fused-ring (bicyclic) bond motifs is 1. The molecule has 0 fully saturated rings. The molecule has 0 amide bonds. The molecule has 2 N–H and O–H groups in total. The van der Waals surface area contributed by atoms with Gasteiger partial charge in [0.2, 0.25) is 5.78 Å². The Hall–Kier alpha value is -4.16. The van der Waals surface area contributed by atoms with Gasteiger partial charge in [-0.15, -0.1) is 11.3 Å². The van der Waals surface area contributed by atoms with Crippen molar-refractivity contribution in [3.63, 3.8) is 0 Å². The first-order valence-corrected chi connectivity index (χ1v) is 11.9. The number of thiophene rings is 1. The van der Waals surface area contributed by atoms with Gasteiger partial charge >= 0.3 is 0 Å². The van der Waals surface area contributed by atoms with E-state index in [2.05, 4.69) is 31.2 Å². The number of rotatable bonds is 6. The second-order valence-electron chi connectivity index (χ2n) is 8.23. The molecule has 2 heterocycles. The molecule has 3 aromatic carbocycles. The monoisotopic (exact) mass is 480 g/mol. The lowest BCUT2D eigenvalue weighted by atomic mass is 9.98. The molecule has 0 saturated carbocycles. The Morgan fingerprint density at radius 1 is 0.829 bits per heavy atom. The minimum absolute atomic E-state index is 0.131. The van der Waals surface area contributed by atoms with Gasteiger partial charge < -0.3 is 15.2 Å². The topological polar surface area (TPSA) is 74.4 Å². The van der Waals surface area contributed by atoms with Crippen LogP contribution in [0.4, 0.5) is 5.69 Å². The van der Waals surface area contributed by atoms with Crippen LogP contribution in [-0.2, 0) is 0 Å². The number of hydrogen-bond acceptors (Lipinski definition) is 6. The van der Waals surface area contributed by atoms with E-state index in [1.165, 1.54) is 16.9 Å². The van der Waals surface area contributed by atoms with Gasteiger partial charge in [-0.05, 0) is 72.6 Å². The summed E-state index contributed by atoms with van der Waals surface area (Å²) in [5.74, 6) is 1.34. The van der Waals surface area contributed by atoms with E-state index in [0.717, 1.165) is 38.4 Å². The summed E-state index contributed by atoms with van der Waals surface area (Å²) in [5, 5.41) is 0.799. The fourth-order valence-corrected chi connectivity index (χ4v) is 5.12. The molecule has 6 heteroatoms. The number of nitrogens with two attached hydrogens (primary N) is 1. The largest absolute Gasteiger partial charge is 0.497 e. The lowest BCUT2D eigenvalue weighted by Gasteiger charge is -2.10. The van der Waals surface area contributed by atoms with Crippen LogP contribution in [0.3, 0.4) is 0 Å². The van der Waals surface area contributed by atoms with E-state index >= 15 is 0 Å². The number of aryl methyl sites for hydroxylation is 1. The van der Waals surface area contributed by atoms with Crippen LogP contribution >= 0.6 is 11.3 Å². The molecule has 35 heavy (non-hydrogen) atoms. The lowest BCUT2D eigenvalue weighted by molar-refractivity contribution is 0.104. The maximum Gasteiger partial charge on any atom is 0.205 e. The third-order valence-corrected chi connectivity index (χ3v) is 7.10. The fourth-order valence-electron chi connectivity index (χ4n) is 4.03.